The summed E-state index contributed by atoms with van der Waals surface area (Å²) in [5.74, 6) is 3.37. The number of halogens is 2. The van der Waals surface area contributed by atoms with Gasteiger partial charge in [-0.3, -0.25) is 10.1 Å². The number of furan rings is 1. The third-order valence-electron chi connectivity index (χ3n) is 3.81. The van der Waals surface area contributed by atoms with Crippen LogP contribution >= 0.6 is 11.8 Å². The van der Waals surface area contributed by atoms with Crippen LogP contribution in [0.1, 0.15) is 21.9 Å². The number of aromatic hydroxyl groups is 1. The van der Waals surface area contributed by atoms with Crippen LogP contribution in [0.25, 0.3) is 0 Å². The predicted molar refractivity (Wildman–Crippen MR) is 132 cm³/mol. The molecule has 194 valence electrons. The maximum absolute atomic E-state index is 10.9. The molecule has 0 aliphatic heterocycles. The van der Waals surface area contributed by atoms with Gasteiger partial charge in [0, 0.05) is 19.3 Å². The number of carbonyl (C=O) groups excluding carboxylic acids is 1. The topological polar surface area (TPSA) is 130 Å². The van der Waals surface area contributed by atoms with Crippen molar-refractivity contribution in [1.82, 2.24) is 15.5 Å². The van der Waals surface area contributed by atoms with Crippen molar-refractivity contribution in [1.29, 1.82) is 0 Å². The van der Waals surface area contributed by atoms with Crippen molar-refractivity contribution in [2.24, 2.45) is 0 Å². The first-order valence-corrected chi connectivity index (χ1v) is 13.4. The second-order valence-corrected chi connectivity index (χ2v) is 8.26. The number of carbonyl (C=O) groups is 1. The van der Waals surface area contributed by atoms with E-state index in [2.05, 4.69) is 20.3 Å². The fourth-order valence-electron chi connectivity index (χ4n) is 2.39. The van der Waals surface area contributed by atoms with Gasteiger partial charge in [-0.1, -0.05) is 12.1 Å². The van der Waals surface area contributed by atoms with Crippen molar-refractivity contribution in [3.63, 3.8) is 0 Å². The molecule has 1 aromatic carbocycles. The average Bonchev–Trinajstić information content (AvgIpc) is 3.25. The number of phenolic OH excluding ortho intramolecular Hbond substituents is 1. The number of phenols is 1. The summed E-state index contributed by atoms with van der Waals surface area (Å²) in [6, 6.07) is 10.2. The Bertz CT molecular complexity index is 917. The molecule has 0 fully saturated rings. The van der Waals surface area contributed by atoms with Crippen LogP contribution in [0, 0.1) is 10.1 Å². The molecule has 2 aromatic rings. The molecule has 2 radical (unpaired) electrons. The van der Waals surface area contributed by atoms with Crippen molar-refractivity contribution >= 4 is 40.0 Å². The maximum atomic E-state index is 10.9. The van der Waals surface area contributed by atoms with E-state index in [1.54, 1.807) is 30.9 Å². The van der Waals surface area contributed by atoms with E-state index in [-0.39, 0.29) is 11.3 Å². The van der Waals surface area contributed by atoms with Crippen molar-refractivity contribution in [3.05, 3.63) is 75.6 Å². The van der Waals surface area contributed by atoms with Crippen LogP contribution < -0.4 is 10.6 Å². The monoisotopic (exact) mass is 624 g/mol. The molecule has 0 saturated carbocycles. The van der Waals surface area contributed by atoms with Crippen molar-refractivity contribution < 1.29 is 29.7 Å². The number of ether oxygens (including phenoxy) is 1. The number of nitrogens with one attached hydrogen (secondary N) is 2. The molecule has 14 heteroatoms. The quantitative estimate of drug-likeness (QED) is 0.113. The molecular formula is C21H30F2N4O6SSn. The molecule has 3 N–H and O–H groups in total. The summed E-state index contributed by atoms with van der Waals surface area (Å²) in [5, 5.41) is 25.2. The normalized spacial score (nSPS) is 10.4. The number of esters is 1. The van der Waals surface area contributed by atoms with Crippen molar-refractivity contribution in [2.75, 3.05) is 40.6 Å². The molecule has 1 heterocycles. The minimum atomic E-state index is -2.77. The Labute approximate surface area is 219 Å². The molecule has 0 saturated heterocycles. The third kappa shape index (κ3) is 15.9. The number of benzene rings is 1. The van der Waals surface area contributed by atoms with Crippen molar-refractivity contribution in [3.8, 4) is 5.75 Å². The third-order valence-corrected chi connectivity index (χ3v) is 4.79. The molecule has 1 aromatic heterocycles. The zero-order valence-corrected chi connectivity index (χ0v) is 23.6. The molecule has 0 bridgehead atoms. The van der Waals surface area contributed by atoms with Crippen LogP contribution in [0.5, 0.6) is 5.75 Å². The van der Waals surface area contributed by atoms with Gasteiger partial charge in [0.25, 0.3) is 6.20 Å². The molecule has 0 amide bonds. The fraction of sp³-hybridized carbons (Fsp3) is 0.381. The van der Waals surface area contributed by atoms with Crippen LogP contribution in [-0.4, -0.2) is 83.7 Å². The van der Waals surface area contributed by atoms with Crippen LogP contribution in [0.3, 0.4) is 0 Å². The van der Waals surface area contributed by atoms with Gasteiger partial charge in [-0.15, -0.1) is 0 Å². The first-order valence-electron chi connectivity index (χ1n) is 10.1. The van der Waals surface area contributed by atoms with Gasteiger partial charge in [0.15, 0.2) is 5.82 Å². The van der Waals surface area contributed by atoms with Crippen LogP contribution in [-0.2, 0) is 17.0 Å². The van der Waals surface area contributed by atoms with E-state index in [4.69, 9.17) is 9.52 Å². The van der Waals surface area contributed by atoms with E-state index in [1.807, 2.05) is 26.2 Å². The number of thioether (sulfide) groups is 1. The Morgan fingerprint density at radius 2 is 1.91 bits per heavy atom. The number of hydrogen-bond acceptors (Lipinski definition) is 10. The van der Waals surface area contributed by atoms with Crippen LogP contribution in [0.2, 0.25) is 0 Å². The first kappa shape index (κ1) is 32.5. The zero-order chi connectivity index (χ0) is 26.6. The second kappa shape index (κ2) is 19.8. The summed E-state index contributed by atoms with van der Waals surface area (Å²) in [5.41, 5.74) is 0.190. The van der Waals surface area contributed by atoms with Gasteiger partial charge in [-0.2, -0.15) is 11.8 Å². The molecule has 2 rings (SSSR count). The van der Waals surface area contributed by atoms with E-state index in [1.165, 1.54) is 19.2 Å². The number of hydrogen-bond donors (Lipinski definition) is 3. The Morgan fingerprint density at radius 3 is 2.46 bits per heavy atom. The molecule has 35 heavy (non-hydrogen) atoms. The minimum absolute atomic E-state index is 0.0562. The molecule has 0 aliphatic rings. The standard InChI is InChI=1S/C13H22N4O3S.C8H8O3.2FH.Sn/c1-14-13(9-17(18)19)15-6-7-21-10-12-5-4-11(20-12)8-16(2)3;1-11-8(10)6-4-2-3-5-7(6)9;;;/h4-5,9,14-15H,6-8,10H2,1-3H3;2-5,9H,1H3;2*1H;/q;;;;+2/p-2/b13-9+;;;;. The zero-order valence-electron chi connectivity index (χ0n) is 19.9. The van der Waals surface area contributed by atoms with Crippen LogP contribution in [0.15, 0.2) is 52.8 Å². The number of para-hydroxylation sites is 1. The van der Waals surface area contributed by atoms with E-state index in [9.17, 15) is 20.6 Å². The van der Waals surface area contributed by atoms with Gasteiger partial charge in [0.1, 0.15) is 22.8 Å². The van der Waals surface area contributed by atoms with Gasteiger partial charge in [0.2, 0.25) is 0 Å². The Hall–Kier alpha value is -2.52. The summed E-state index contributed by atoms with van der Waals surface area (Å²) in [6.45, 7) is 1.44. The number of nitro groups is 1. The predicted octanol–water partition coefficient (Wildman–Crippen LogP) is 3.10. The molecule has 10 nitrogen and oxygen atoms in total. The Morgan fingerprint density at radius 1 is 1.29 bits per heavy atom. The Kier molecular flexibility index (Phi) is 18.3. The summed E-state index contributed by atoms with van der Waals surface area (Å²) >= 11 is -1.05. The molecular weight excluding hydrogens is 593 g/mol. The van der Waals surface area contributed by atoms with Crippen molar-refractivity contribution in [2.45, 2.75) is 12.3 Å². The van der Waals surface area contributed by atoms with Gasteiger partial charge < -0.3 is 29.8 Å². The first-order chi connectivity index (χ1) is 16.7. The summed E-state index contributed by atoms with van der Waals surface area (Å²) in [7, 11) is 6.92. The van der Waals surface area contributed by atoms with Gasteiger partial charge in [0.05, 0.1) is 24.3 Å². The molecule has 0 spiro atoms. The molecule has 0 atom stereocenters. The van der Waals surface area contributed by atoms with Gasteiger partial charge >= 0.3 is 34.0 Å². The number of methoxy groups -OCH3 is 1. The SMILES string of the molecule is CN/C(=C\[N+](=O)[O-])NCCSCc1ccc(CN(C)C)o1.COC(=O)c1ccccc1O.[F][Sn][F]. The number of rotatable bonds is 11. The van der Waals surface area contributed by atoms with E-state index in [0.29, 0.717) is 12.4 Å². The number of nitrogens with zero attached hydrogens (tertiary/aromatic N) is 2. The summed E-state index contributed by atoms with van der Waals surface area (Å²) in [4.78, 5) is 22.8. The average molecular weight is 623 g/mol. The van der Waals surface area contributed by atoms with Gasteiger partial charge in [-0.05, 0) is 38.4 Å². The molecule has 0 unspecified atom stereocenters. The van der Waals surface area contributed by atoms with Gasteiger partial charge in [-0.25, -0.2) is 4.79 Å². The second-order valence-electron chi connectivity index (χ2n) is 6.74. The van der Waals surface area contributed by atoms with E-state index < -0.39 is 33.2 Å². The molecule has 0 aliphatic carbocycles. The summed E-state index contributed by atoms with van der Waals surface area (Å²) < 4.78 is 29.7. The fourth-order valence-corrected chi connectivity index (χ4v) is 3.13. The van der Waals surface area contributed by atoms with E-state index in [0.717, 1.165) is 35.8 Å². The van der Waals surface area contributed by atoms with Crippen LogP contribution in [0.4, 0.5) is 5.73 Å². The summed E-state index contributed by atoms with van der Waals surface area (Å²) in [6.07, 6.45) is 0.921. The Balaban J connectivity index is 0.000000687. The van der Waals surface area contributed by atoms with E-state index >= 15 is 0 Å².